The molecule has 1 atom stereocenters. The Bertz CT molecular complexity index is 480. The van der Waals surface area contributed by atoms with E-state index in [0.29, 0.717) is 0 Å². The zero-order valence-electron chi connectivity index (χ0n) is 12.5. The van der Waals surface area contributed by atoms with Crippen molar-refractivity contribution in [3.05, 3.63) is 16.1 Å². The van der Waals surface area contributed by atoms with Crippen LogP contribution in [0.5, 0.6) is 0 Å². The van der Waals surface area contributed by atoms with Crippen molar-refractivity contribution >= 4 is 17.2 Å². The molecule has 0 aliphatic heterocycles. The van der Waals surface area contributed by atoms with Crippen molar-refractivity contribution in [3.63, 3.8) is 0 Å². The van der Waals surface area contributed by atoms with Crippen LogP contribution in [0.2, 0.25) is 0 Å². The molecule has 4 nitrogen and oxygen atoms in total. The Kier molecular flexibility index (Phi) is 4.49. The van der Waals surface area contributed by atoms with E-state index in [2.05, 4.69) is 10.3 Å². The van der Waals surface area contributed by atoms with E-state index in [4.69, 9.17) is 0 Å². The van der Waals surface area contributed by atoms with Gasteiger partial charge in [0.05, 0.1) is 17.6 Å². The van der Waals surface area contributed by atoms with Crippen LogP contribution in [0.3, 0.4) is 0 Å². The highest BCUT2D eigenvalue weighted by Gasteiger charge is 2.36. The molecule has 2 rings (SSSR count). The van der Waals surface area contributed by atoms with Gasteiger partial charge in [0, 0.05) is 11.1 Å². The summed E-state index contributed by atoms with van der Waals surface area (Å²) >= 11 is 1.58. The summed E-state index contributed by atoms with van der Waals surface area (Å²) in [7, 11) is 0. The maximum Gasteiger partial charge on any atom is 0.223 e. The van der Waals surface area contributed by atoms with Gasteiger partial charge >= 0.3 is 0 Å². The standard InChI is InChI=1S/C15H24N2O2S/c1-4-14(3,13-16-11(2)10-20-13)17-12(18)9-15(19)7-5-6-8-15/h10,19H,4-9H2,1-3H3,(H,17,18). The second kappa shape index (κ2) is 5.82. The monoisotopic (exact) mass is 296 g/mol. The summed E-state index contributed by atoms with van der Waals surface area (Å²) in [5.74, 6) is -0.0772. The van der Waals surface area contributed by atoms with Crippen molar-refractivity contribution in [1.82, 2.24) is 10.3 Å². The minimum atomic E-state index is -0.794. The van der Waals surface area contributed by atoms with Crippen molar-refractivity contribution in [2.45, 2.75) is 70.4 Å². The van der Waals surface area contributed by atoms with E-state index in [9.17, 15) is 9.90 Å². The molecule has 1 amide bonds. The molecule has 1 aromatic rings. The Morgan fingerprint density at radius 1 is 1.55 bits per heavy atom. The molecule has 1 heterocycles. The quantitative estimate of drug-likeness (QED) is 0.878. The van der Waals surface area contributed by atoms with E-state index in [1.807, 2.05) is 26.2 Å². The highest BCUT2D eigenvalue weighted by atomic mass is 32.1. The van der Waals surface area contributed by atoms with Crippen molar-refractivity contribution in [2.75, 3.05) is 0 Å². The van der Waals surface area contributed by atoms with Gasteiger partial charge in [-0.15, -0.1) is 11.3 Å². The van der Waals surface area contributed by atoms with Crippen LogP contribution in [-0.2, 0) is 10.3 Å². The Morgan fingerprint density at radius 2 is 2.20 bits per heavy atom. The first kappa shape index (κ1) is 15.4. The second-order valence-electron chi connectivity index (χ2n) is 6.14. The van der Waals surface area contributed by atoms with E-state index in [1.165, 1.54) is 0 Å². The van der Waals surface area contributed by atoms with Gasteiger partial charge in [-0.05, 0) is 33.1 Å². The number of thiazole rings is 1. The molecule has 1 aromatic heterocycles. The van der Waals surface area contributed by atoms with Crippen LogP contribution in [0.15, 0.2) is 5.38 Å². The van der Waals surface area contributed by atoms with Gasteiger partial charge in [0.1, 0.15) is 5.01 Å². The van der Waals surface area contributed by atoms with E-state index in [-0.39, 0.29) is 12.3 Å². The topological polar surface area (TPSA) is 62.2 Å². The number of nitrogens with one attached hydrogen (secondary N) is 1. The van der Waals surface area contributed by atoms with E-state index < -0.39 is 11.1 Å². The van der Waals surface area contributed by atoms with Crippen LogP contribution in [0.25, 0.3) is 0 Å². The molecular formula is C15H24N2O2S. The molecule has 0 spiro atoms. The second-order valence-corrected chi connectivity index (χ2v) is 6.99. The summed E-state index contributed by atoms with van der Waals surface area (Å²) < 4.78 is 0. The summed E-state index contributed by atoms with van der Waals surface area (Å²) in [6, 6.07) is 0. The molecular weight excluding hydrogens is 272 g/mol. The van der Waals surface area contributed by atoms with Crippen LogP contribution in [0.4, 0.5) is 0 Å². The number of hydrogen-bond acceptors (Lipinski definition) is 4. The fourth-order valence-electron chi connectivity index (χ4n) is 2.76. The number of rotatable bonds is 5. The van der Waals surface area contributed by atoms with Crippen LogP contribution < -0.4 is 5.32 Å². The van der Waals surface area contributed by atoms with Crippen molar-refractivity contribution in [3.8, 4) is 0 Å². The maximum absolute atomic E-state index is 12.3. The Morgan fingerprint density at radius 3 is 2.70 bits per heavy atom. The van der Waals surface area contributed by atoms with Crippen molar-refractivity contribution in [2.24, 2.45) is 0 Å². The molecule has 1 fully saturated rings. The van der Waals surface area contributed by atoms with Gasteiger partial charge < -0.3 is 10.4 Å². The molecule has 0 aromatic carbocycles. The minimum absolute atomic E-state index is 0.0772. The third-order valence-corrected chi connectivity index (χ3v) is 5.46. The molecule has 5 heteroatoms. The first-order valence-electron chi connectivity index (χ1n) is 7.33. The highest BCUT2D eigenvalue weighted by Crippen LogP contribution is 2.33. The molecule has 0 bridgehead atoms. The van der Waals surface area contributed by atoms with Crippen LogP contribution in [0.1, 0.15) is 63.1 Å². The van der Waals surface area contributed by atoms with Gasteiger partial charge in [0.2, 0.25) is 5.91 Å². The smallest absolute Gasteiger partial charge is 0.223 e. The van der Waals surface area contributed by atoms with E-state index in [1.54, 1.807) is 11.3 Å². The number of carbonyl (C=O) groups is 1. The van der Waals surface area contributed by atoms with Crippen LogP contribution in [-0.4, -0.2) is 21.6 Å². The van der Waals surface area contributed by atoms with Gasteiger partial charge in [-0.25, -0.2) is 4.98 Å². The third kappa shape index (κ3) is 3.38. The SMILES string of the molecule is CCC(C)(NC(=O)CC1(O)CCCC1)c1nc(C)cs1. The third-order valence-electron chi connectivity index (χ3n) is 4.24. The average Bonchev–Trinajstić information content (AvgIpc) is 2.98. The lowest BCUT2D eigenvalue weighted by Crippen LogP contribution is -2.45. The number of hydrogen-bond donors (Lipinski definition) is 2. The molecule has 1 unspecified atom stereocenters. The van der Waals surface area contributed by atoms with Crippen LogP contribution in [0, 0.1) is 6.92 Å². The number of aromatic nitrogens is 1. The fraction of sp³-hybridized carbons (Fsp3) is 0.733. The Balaban J connectivity index is 2.04. The summed E-state index contributed by atoms with van der Waals surface area (Å²) in [6.45, 7) is 6.00. The van der Waals surface area contributed by atoms with E-state index >= 15 is 0 Å². The predicted octanol–water partition coefficient (Wildman–Crippen LogP) is 2.89. The van der Waals surface area contributed by atoms with Gasteiger partial charge in [-0.1, -0.05) is 19.8 Å². The predicted molar refractivity (Wildman–Crippen MR) is 80.7 cm³/mol. The first-order chi connectivity index (χ1) is 9.37. The number of carbonyl (C=O) groups excluding carboxylic acids is 1. The molecule has 20 heavy (non-hydrogen) atoms. The lowest BCUT2D eigenvalue weighted by atomic mass is 9.95. The van der Waals surface area contributed by atoms with Gasteiger partial charge in [-0.3, -0.25) is 4.79 Å². The molecule has 0 radical (unpaired) electrons. The lowest BCUT2D eigenvalue weighted by molar-refractivity contribution is -0.127. The number of nitrogens with zero attached hydrogens (tertiary/aromatic N) is 1. The number of aliphatic hydroxyl groups is 1. The molecule has 1 aliphatic rings. The van der Waals surface area contributed by atoms with Crippen molar-refractivity contribution in [1.29, 1.82) is 0 Å². The molecule has 1 saturated carbocycles. The lowest BCUT2D eigenvalue weighted by Gasteiger charge is -2.30. The first-order valence-corrected chi connectivity index (χ1v) is 8.21. The highest BCUT2D eigenvalue weighted by molar-refractivity contribution is 7.09. The largest absolute Gasteiger partial charge is 0.389 e. The fourth-order valence-corrected chi connectivity index (χ4v) is 3.75. The zero-order chi connectivity index (χ0) is 14.8. The molecule has 2 N–H and O–H groups in total. The maximum atomic E-state index is 12.3. The summed E-state index contributed by atoms with van der Waals surface area (Å²) in [6.07, 6.45) is 4.48. The summed E-state index contributed by atoms with van der Waals surface area (Å²) in [5, 5.41) is 16.3. The number of amides is 1. The summed E-state index contributed by atoms with van der Waals surface area (Å²) in [5.41, 5.74) is -0.254. The summed E-state index contributed by atoms with van der Waals surface area (Å²) in [4.78, 5) is 16.8. The van der Waals surface area contributed by atoms with E-state index in [0.717, 1.165) is 42.8 Å². The molecule has 0 saturated heterocycles. The van der Waals surface area contributed by atoms with Gasteiger partial charge in [-0.2, -0.15) is 0 Å². The normalized spacial score (nSPS) is 20.6. The Labute approximate surface area is 124 Å². The zero-order valence-corrected chi connectivity index (χ0v) is 13.3. The molecule has 112 valence electrons. The number of aryl methyl sites for hydroxylation is 1. The van der Waals surface area contributed by atoms with Gasteiger partial charge in [0.15, 0.2) is 0 Å². The minimum Gasteiger partial charge on any atom is -0.389 e. The van der Waals surface area contributed by atoms with Crippen molar-refractivity contribution < 1.29 is 9.90 Å². The molecule has 1 aliphatic carbocycles. The average molecular weight is 296 g/mol. The Hall–Kier alpha value is -0.940. The van der Waals surface area contributed by atoms with Gasteiger partial charge in [0.25, 0.3) is 0 Å². The van der Waals surface area contributed by atoms with Crippen LogP contribution >= 0.6 is 11.3 Å².